The Balaban J connectivity index is 0.00000147. The van der Waals surface area contributed by atoms with Crippen LogP contribution in [0, 0.1) is 11.8 Å². The molecule has 2 nitrogen and oxygen atoms in total. The first-order valence-corrected chi connectivity index (χ1v) is 8.86. The molecule has 0 amide bonds. The molecule has 1 heterocycles. The van der Waals surface area contributed by atoms with Gasteiger partial charge in [-0.05, 0) is 70.1 Å². The normalized spacial score (nSPS) is 26.4. The van der Waals surface area contributed by atoms with E-state index in [-0.39, 0.29) is 12.4 Å². The maximum Gasteiger partial charge on any atom is 0.00915 e. The zero-order valence-electron chi connectivity index (χ0n) is 13.0. The van der Waals surface area contributed by atoms with Gasteiger partial charge in [0, 0.05) is 6.04 Å². The summed E-state index contributed by atoms with van der Waals surface area (Å²) in [4.78, 5) is 2.73. The van der Waals surface area contributed by atoms with Gasteiger partial charge in [-0.1, -0.05) is 32.1 Å². The molecular weight excluding hydrogens is 268 g/mol. The monoisotopic (exact) mass is 300 g/mol. The van der Waals surface area contributed by atoms with Crippen molar-refractivity contribution < 1.29 is 0 Å². The second kappa shape index (κ2) is 8.60. The Morgan fingerprint density at radius 1 is 0.800 bits per heavy atom. The summed E-state index contributed by atoms with van der Waals surface area (Å²) in [5, 5.41) is 3.78. The second-order valence-electron chi connectivity index (χ2n) is 7.26. The molecule has 1 saturated heterocycles. The summed E-state index contributed by atoms with van der Waals surface area (Å²) in [7, 11) is 0. The smallest absolute Gasteiger partial charge is 0.00915 e. The van der Waals surface area contributed by atoms with Crippen molar-refractivity contribution in [2.45, 2.75) is 70.3 Å². The molecule has 0 atom stereocenters. The molecule has 0 unspecified atom stereocenters. The molecule has 0 aromatic heterocycles. The van der Waals surface area contributed by atoms with Crippen molar-refractivity contribution in [1.82, 2.24) is 10.2 Å². The van der Waals surface area contributed by atoms with Crippen LogP contribution in [0.2, 0.25) is 0 Å². The number of likely N-dealkylation sites (tertiary alicyclic amines) is 1. The molecule has 0 aromatic rings. The number of piperidine rings is 1. The van der Waals surface area contributed by atoms with Gasteiger partial charge in [0.1, 0.15) is 0 Å². The van der Waals surface area contributed by atoms with Crippen LogP contribution in [0.25, 0.3) is 0 Å². The molecule has 0 spiro atoms. The Morgan fingerprint density at radius 3 is 2.15 bits per heavy atom. The summed E-state index contributed by atoms with van der Waals surface area (Å²) < 4.78 is 0. The Kier molecular flexibility index (Phi) is 7.13. The van der Waals surface area contributed by atoms with E-state index in [9.17, 15) is 0 Å². The Hall–Kier alpha value is 0.210. The van der Waals surface area contributed by atoms with Gasteiger partial charge >= 0.3 is 0 Å². The van der Waals surface area contributed by atoms with E-state index >= 15 is 0 Å². The van der Waals surface area contributed by atoms with Crippen LogP contribution in [0.3, 0.4) is 0 Å². The molecule has 2 saturated carbocycles. The third-order valence-corrected chi connectivity index (χ3v) is 5.56. The Bertz CT molecular complexity index is 254. The van der Waals surface area contributed by atoms with E-state index in [1.165, 1.54) is 90.4 Å². The fraction of sp³-hybridized carbons (Fsp3) is 1.00. The fourth-order valence-electron chi connectivity index (χ4n) is 3.86. The predicted molar refractivity (Wildman–Crippen MR) is 88.6 cm³/mol. The molecule has 0 aromatic carbocycles. The summed E-state index contributed by atoms with van der Waals surface area (Å²) in [5.41, 5.74) is 0. The second-order valence-corrected chi connectivity index (χ2v) is 7.26. The van der Waals surface area contributed by atoms with Gasteiger partial charge in [0.05, 0.1) is 0 Å². The van der Waals surface area contributed by atoms with E-state index < -0.39 is 0 Å². The van der Waals surface area contributed by atoms with Gasteiger partial charge in [-0.15, -0.1) is 12.4 Å². The third kappa shape index (κ3) is 5.54. The first kappa shape index (κ1) is 16.6. The van der Waals surface area contributed by atoms with E-state index in [4.69, 9.17) is 0 Å². The van der Waals surface area contributed by atoms with Gasteiger partial charge in [0.2, 0.25) is 0 Å². The highest BCUT2D eigenvalue weighted by molar-refractivity contribution is 5.85. The van der Waals surface area contributed by atoms with Crippen LogP contribution in [0.1, 0.15) is 64.2 Å². The van der Waals surface area contributed by atoms with E-state index in [0.717, 1.165) is 17.9 Å². The average molecular weight is 301 g/mol. The topological polar surface area (TPSA) is 15.3 Å². The Labute approximate surface area is 131 Å². The quantitative estimate of drug-likeness (QED) is 0.802. The largest absolute Gasteiger partial charge is 0.314 e. The van der Waals surface area contributed by atoms with Gasteiger partial charge < -0.3 is 10.2 Å². The van der Waals surface area contributed by atoms with Crippen LogP contribution in [0.4, 0.5) is 0 Å². The highest BCUT2D eigenvalue weighted by Gasteiger charge is 2.24. The van der Waals surface area contributed by atoms with Gasteiger partial charge in [-0.2, -0.15) is 0 Å². The van der Waals surface area contributed by atoms with Crippen molar-refractivity contribution in [3.05, 3.63) is 0 Å². The lowest BCUT2D eigenvalue weighted by molar-refractivity contribution is 0.178. The first-order chi connectivity index (χ1) is 9.40. The third-order valence-electron chi connectivity index (χ3n) is 5.56. The number of hydrogen-bond acceptors (Lipinski definition) is 2. The molecule has 0 bridgehead atoms. The van der Waals surface area contributed by atoms with E-state index in [1.807, 2.05) is 0 Å². The van der Waals surface area contributed by atoms with Crippen LogP contribution < -0.4 is 5.32 Å². The van der Waals surface area contributed by atoms with Crippen molar-refractivity contribution in [3.8, 4) is 0 Å². The van der Waals surface area contributed by atoms with Crippen LogP contribution >= 0.6 is 12.4 Å². The number of halogens is 1. The number of rotatable bonds is 6. The van der Waals surface area contributed by atoms with Crippen molar-refractivity contribution in [3.63, 3.8) is 0 Å². The summed E-state index contributed by atoms with van der Waals surface area (Å²) in [6.07, 6.45) is 14.7. The molecule has 2 aliphatic carbocycles. The standard InChI is InChI=1S/C17H32N2.ClH/c1-2-4-15(5-3-1)8-11-19-12-9-17(10-13-19)18-14-16-6-7-16;/h15-18H,1-14H2;1H. The van der Waals surface area contributed by atoms with Gasteiger partial charge in [0.25, 0.3) is 0 Å². The van der Waals surface area contributed by atoms with E-state index in [1.54, 1.807) is 0 Å². The lowest BCUT2D eigenvalue weighted by Crippen LogP contribution is -2.43. The maximum atomic E-state index is 3.78. The molecule has 118 valence electrons. The fourth-order valence-corrected chi connectivity index (χ4v) is 3.86. The molecule has 1 aliphatic heterocycles. The van der Waals surface area contributed by atoms with Crippen molar-refractivity contribution >= 4 is 12.4 Å². The highest BCUT2D eigenvalue weighted by Crippen LogP contribution is 2.28. The molecule has 1 N–H and O–H groups in total. The minimum absolute atomic E-state index is 0. The van der Waals surface area contributed by atoms with E-state index in [2.05, 4.69) is 10.2 Å². The van der Waals surface area contributed by atoms with Gasteiger partial charge in [-0.25, -0.2) is 0 Å². The van der Waals surface area contributed by atoms with Crippen molar-refractivity contribution in [2.24, 2.45) is 11.8 Å². The maximum absolute atomic E-state index is 3.78. The molecule has 20 heavy (non-hydrogen) atoms. The number of nitrogens with zero attached hydrogens (tertiary/aromatic N) is 1. The zero-order valence-corrected chi connectivity index (χ0v) is 13.8. The van der Waals surface area contributed by atoms with Crippen LogP contribution in [-0.4, -0.2) is 37.1 Å². The summed E-state index contributed by atoms with van der Waals surface area (Å²) in [6.45, 7) is 5.36. The summed E-state index contributed by atoms with van der Waals surface area (Å²) in [6, 6.07) is 0.825. The first-order valence-electron chi connectivity index (χ1n) is 8.86. The van der Waals surface area contributed by atoms with Crippen molar-refractivity contribution in [1.29, 1.82) is 0 Å². The number of hydrogen-bond donors (Lipinski definition) is 1. The Morgan fingerprint density at radius 2 is 1.50 bits per heavy atom. The molecule has 3 aliphatic rings. The highest BCUT2D eigenvalue weighted by atomic mass is 35.5. The van der Waals surface area contributed by atoms with Gasteiger partial charge in [0.15, 0.2) is 0 Å². The minimum atomic E-state index is 0. The molecular formula is C17H33ClN2. The SMILES string of the molecule is C1CCC(CCN2CCC(NCC3CC3)CC2)CC1.Cl. The molecule has 3 rings (SSSR count). The summed E-state index contributed by atoms with van der Waals surface area (Å²) >= 11 is 0. The summed E-state index contributed by atoms with van der Waals surface area (Å²) in [5.74, 6) is 2.09. The molecule has 3 heteroatoms. The van der Waals surface area contributed by atoms with Crippen LogP contribution in [0.15, 0.2) is 0 Å². The van der Waals surface area contributed by atoms with Gasteiger partial charge in [-0.3, -0.25) is 0 Å². The van der Waals surface area contributed by atoms with Crippen LogP contribution in [0.5, 0.6) is 0 Å². The van der Waals surface area contributed by atoms with Crippen LogP contribution in [-0.2, 0) is 0 Å². The van der Waals surface area contributed by atoms with Crippen molar-refractivity contribution in [2.75, 3.05) is 26.2 Å². The predicted octanol–water partition coefficient (Wildman–Crippen LogP) is 3.84. The molecule has 3 fully saturated rings. The minimum Gasteiger partial charge on any atom is -0.314 e. The average Bonchev–Trinajstić information content (AvgIpc) is 3.29. The molecule has 0 radical (unpaired) electrons. The lowest BCUT2D eigenvalue weighted by Gasteiger charge is -2.33. The lowest BCUT2D eigenvalue weighted by atomic mass is 9.87. The zero-order chi connectivity index (χ0) is 12.9. The number of nitrogens with one attached hydrogen (secondary N) is 1. The van der Waals surface area contributed by atoms with E-state index in [0.29, 0.717) is 0 Å².